The van der Waals surface area contributed by atoms with Gasteiger partial charge in [0.1, 0.15) is 0 Å². The van der Waals surface area contributed by atoms with Crippen LogP contribution in [0.25, 0.3) is 0 Å². The van der Waals surface area contributed by atoms with Crippen LogP contribution in [0.2, 0.25) is 0 Å². The van der Waals surface area contributed by atoms with E-state index in [4.69, 9.17) is 0 Å². The first-order chi connectivity index (χ1) is 10.7. The molecule has 0 bridgehead atoms. The van der Waals surface area contributed by atoms with Crippen LogP contribution < -0.4 is 7.22 Å². The molecule has 0 radical (unpaired) electrons. The SMILES string of the molecule is OC1(c2ccc(Br)cc2)c2ccccc2[Te]c2ccccc21. The van der Waals surface area contributed by atoms with Gasteiger partial charge in [-0.3, -0.25) is 0 Å². The zero-order valence-corrected chi connectivity index (χ0v) is 15.6. The van der Waals surface area contributed by atoms with Gasteiger partial charge in [0.25, 0.3) is 0 Å². The predicted octanol–water partition coefficient (Wildman–Crippen LogP) is 2.70. The first kappa shape index (κ1) is 14.5. The first-order valence-electron chi connectivity index (χ1n) is 7.05. The Hall–Kier alpha value is -1.11. The summed E-state index contributed by atoms with van der Waals surface area (Å²) >= 11 is 3.02. The Labute approximate surface area is 148 Å². The van der Waals surface area contributed by atoms with E-state index in [1.807, 2.05) is 36.4 Å². The van der Waals surface area contributed by atoms with Crippen LogP contribution in [0, 0.1) is 0 Å². The normalized spacial score (nSPS) is 15.0. The Bertz CT molecular complexity index is 797. The van der Waals surface area contributed by atoms with Crippen LogP contribution in [0.15, 0.2) is 77.3 Å². The van der Waals surface area contributed by atoms with Crippen LogP contribution in [0.3, 0.4) is 0 Å². The maximum atomic E-state index is 11.7. The van der Waals surface area contributed by atoms with Crippen LogP contribution in [0.5, 0.6) is 0 Å². The molecule has 0 saturated heterocycles. The summed E-state index contributed by atoms with van der Waals surface area (Å²) in [7, 11) is 0. The van der Waals surface area contributed by atoms with Crippen molar-refractivity contribution >= 4 is 44.1 Å². The van der Waals surface area contributed by atoms with E-state index < -0.39 is 26.5 Å². The average Bonchev–Trinajstić information content (AvgIpc) is 2.56. The van der Waals surface area contributed by atoms with Crippen molar-refractivity contribution in [2.75, 3.05) is 0 Å². The Morgan fingerprint density at radius 1 is 0.727 bits per heavy atom. The second-order valence-corrected chi connectivity index (χ2v) is 9.32. The van der Waals surface area contributed by atoms with Crippen molar-refractivity contribution in [3.05, 3.63) is 94.0 Å². The molecule has 1 aliphatic heterocycles. The van der Waals surface area contributed by atoms with E-state index in [2.05, 4.69) is 52.3 Å². The third-order valence-corrected chi connectivity index (χ3v) is 7.85. The molecule has 22 heavy (non-hydrogen) atoms. The summed E-state index contributed by atoms with van der Waals surface area (Å²) in [5, 5.41) is 11.7. The number of rotatable bonds is 1. The zero-order chi connectivity index (χ0) is 15.2. The molecule has 3 aromatic rings. The molecule has 0 aromatic heterocycles. The Kier molecular flexibility index (Phi) is 3.63. The van der Waals surface area contributed by atoms with E-state index in [0.717, 1.165) is 21.2 Å². The maximum absolute atomic E-state index is 11.7. The molecule has 1 heterocycles. The van der Waals surface area contributed by atoms with Gasteiger partial charge in [0.05, 0.1) is 0 Å². The van der Waals surface area contributed by atoms with Gasteiger partial charge in [-0.2, -0.15) is 0 Å². The van der Waals surface area contributed by atoms with E-state index in [1.165, 1.54) is 7.22 Å². The minimum absolute atomic E-state index is 0.455. The molecule has 4 rings (SSSR count). The van der Waals surface area contributed by atoms with Gasteiger partial charge in [-0.15, -0.1) is 0 Å². The van der Waals surface area contributed by atoms with E-state index in [0.29, 0.717) is 0 Å². The van der Waals surface area contributed by atoms with Gasteiger partial charge in [-0.1, -0.05) is 0 Å². The molecular weight excluding hydrogens is 452 g/mol. The topological polar surface area (TPSA) is 20.2 Å². The van der Waals surface area contributed by atoms with Crippen molar-refractivity contribution in [1.82, 2.24) is 0 Å². The van der Waals surface area contributed by atoms with Crippen molar-refractivity contribution in [2.45, 2.75) is 5.60 Å². The van der Waals surface area contributed by atoms with Gasteiger partial charge >= 0.3 is 149 Å². The number of benzene rings is 3. The third-order valence-electron chi connectivity index (χ3n) is 4.04. The van der Waals surface area contributed by atoms with E-state index in [9.17, 15) is 5.11 Å². The molecule has 3 heteroatoms. The van der Waals surface area contributed by atoms with Gasteiger partial charge in [0.2, 0.25) is 0 Å². The molecule has 1 N–H and O–H groups in total. The average molecular weight is 465 g/mol. The van der Waals surface area contributed by atoms with Gasteiger partial charge in [-0.05, 0) is 0 Å². The fourth-order valence-electron chi connectivity index (χ4n) is 2.97. The van der Waals surface area contributed by atoms with Crippen molar-refractivity contribution in [3.8, 4) is 0 Å². The molecule has 0 fully saturated rings. The van der Waals surface area contributed by atoms with Crippen molar-refractivity contribution < 1.29 is 5.11 Å². The minimum atomic E-state index is -1.06. The summed E-state index contributed by atoms with van der Waals surface area (Å²) in [6.07, 6.45) is 0. The fourth-order valence-corrected chi connectivity index (χ4v) is 6.61. The molecule has 0 aliphatic carbocycles. The Morgan fingerprint density at radius 2 is 1.23 bits per heavy atom. The molecule has 0 saturated carbocycles. The number of fused-ring (bicyclic) bond motifs is 2. The number of halogens is 1. The summed E-state index contributed by atoms with van der Waals surface area (Å²) in [4.78, 5) is 0. The van der Waals surface area contributed by atoms with Crippen LogP contribution in [0.4, 0.5) is 0 Å². The van der Waals surface area contributed by atoms with Crippen LogP contribution >= 0.6 is 15.9 Å². The standard InChI is InChI=1S/C19H13BrOTe/c20-14-11-9-13(10-12-14)19(21)15-5-1-3-7-17(15)22-18-8-4-2-6-16(18)19/h1-12,21H. The van der Waals surface area contributed by atoms with E-state index in [-0.39, 0.29) is 0 Å². The third kappa shape index (κ3) is 2.16. The Balaban J connectivity index is 2.03. The molecule has 0 amide bonds. The van der Waals surface area contributed by atoms with Gasteiger partial charge in [-0.25, -0.2) is 0 Å². The summed E-state index contributed by atoms with van der Waals surface area (Å²) < 4.78 is 3.65. The number of hydrogen-bond acceptors (Lipinski definition) is 1. The van der Waals surface area contributed by atoms with Crippen molar-refractivity contribution in [2.24, 2.45) is 0 Å². The van der Waals surface area contributed by atoms with Gasteiger partial charge in [0.15, 0.2) is 0 Å². The molecule has 0 spiro atoms. The summed E-state index contributed by atoms with van der Waals surface area (Å²) in [6, 6.07) is 24.6. The molecule has 108 valence electrons. The quantitative estimate of drug-likeness (QED) is 0.549. The number of aliphatic hydroxyl groups is 1. The van der Waals surface area contributed by atoms with Crippen molar-refractivity contribution in [1.29, 1.82) is 0 Å². The van der Waals surface area contributed by atoms with Crippen LogP contribution in [0.1, 0.15) is 16.7 Å². The van der Waals surface area contributed by atoms with Crippen LogP contribution in [-0.4, -0.2) is 26.0 Å². The monoisotopic (exact) mass is 466 g/mol. The predicted molar refractivity (Wildman–Crippen MR) is 94.1 cm³/mol. The van der Waals surface area contributed by atoms with Gasteiger partial charge in [0, 0.05) is 0 Å². The molecular formula is C19H13BrOTe. The first-order valence-corrected chi connectivity index (χ1v) is 10.2. The molecule has 0 atom stereocenters. The Morgan fingerprint density at radius 3 is 1.77 bits per heavy atom. The van der Waals surface area contributed by atoms with Crippen LogP contribution in [-0.2, 0) is 5.60 Å². The molecule has 1 nitrogen and oxygen atoms in total. The summed E-state index contributed by atoms with van der Waals surface area (Å²) in [5.74, 6) is 0. The van der Waals surface area contributed by atoms with E-state index >= 15 is 0 Å². The summed E-state index contributed by atoms with van der Waals surface area (Å²) in [5.41, 5.74) is 1.94. The van der Waals surface area contributed by atoms with E-state index in [1.54, 1.807) is 0 Å². The molecule has 1 aliphatic rings. The second-order valence-electron chi connectivity index (χ2n) is 5.31. The van der Waals surface area contributed by atoms with Gasteiger partial charge < -0.3 is 0 Å². The summed E-state index contributed by atoms with van der Waals surface area (Å²) in [6.45, 7) is 0. The zero-order valence-electron chi connectivity index (χ0n) is 11.7. The molecule has 0 unspecified atom stereocenters. The second kappa shape index (κ2) is 5.51. The fraction of sp³-hybridized carbons (Fsp3) is 0.0526. The van der Waals surface area contributed by atoms with Crippen molar-refractivity contribution in [3.63, 3.8) is 0 Å². The number of hydrogen-bond donors (Lipinski definition) is 1. The molecule has 3 aromatic carbocycles.